The second-order valence-electron chi connectivity index (χ2n) is 5.20. The van der Waals surface area contributed by atoms with Gasteiger partial charge in [0.2, 0.25) is 0 Å². The van der Waals surface area contributed by atoms with E-state index in [1.807, 2.05) is 6.07 Å². The fourth-order valence-electron chi connectivity index (χ4n) is 2.25. The zero-order chi connectivity index (χ0) is 11.2. The highest BCUT2D eigenvalue weighted by molar-refractivity contribution is 5.53. The van der Waals surface area contributed by atoms with Gasteiger partial charge in [-0.15, -0.1) is 10.2 Å². The smallest absolute Gasteiger partial charge is 0.167 e. The summed E-state index contributed by atoms with van der Waals surface area (Å²) in [5.41, 5.74) is 1.34. The lowest BCUT2D eigenvalue weighted by Crippen LogP contribution is -2.27. The lowest BCUT2D eigenvalue weighted by molar-refractivity contribution is 0.248. The van der Waals surface area contributed by atoms with Crippen molar-refractivity contribution in [2.75, 3.05) is 0 Å². The molecule has 0 unspecified atom stereocenters. The highest BCUT2D eigenvalue weighted by atomic mass is 16.3. The summed E-state index contributed by atoms with van der Waals surface area (Å²) >= 11 is 0. The number of furan rings is 1. The third-order valence-corrected chi connectivity index (χ3v) is 3.22. The molecule has 2 aromatic rings. The summed E-state index contributed by atoms with van der Waals surface area (Å²) in [4.78, 5) is 0. The van der Waals surface area contributed by atoms with E-state index in [4.69, 9.17) is 4.42 Å². The van der Waals surface area contributed by atoms with E-state index in [2.05, 4.69) is 28.6 Å². The van der Waals surface area contributed by atoms with Crippen molar-refractivity contribution < 1.29 is 4.42 Å². The SMILES string of the molecule is CC1(C)CCc2nnc(-c3ccoc3)n2C1. The molecule has 0 aromatic carbocycles. The van der Waals surface area contributed by atoms with Crippen LogP contribution in [0, 0.1) is 5.41 Å². The van der Waals surface area contributed by atoms with Crippen LogP contribution >= 0.6 is 0 Å². The third kappa shape index (κ3) is 1.45. The molecule has 16 heavy (non-hydrogen) atoms. The minimum Gasteiger partial charge on any atom is -0.472 e. The molecule has 0 saturated heterocycles. The van der Waals surface area contributed by atoms with E-state index in [-0.39, 0.29) is 0 Å². The van der Waals surface area contributed by atoms with Gasteiger partial charge in [-0.05, 0) is 17.9 Å². The van der Waals surface area contributed by atoms with Gasteiger partial charge in [-0.1, -0.05) is 13.8 Å². The first-order valence-electron chi connectivity index (χ1n) is 5.60. The molecule has 3 heterocycles. The molecule has 0 amide bonds. The van der Waals surface area contributed by atoms with Gasteiger partial charge in [0.05, 0.1) is 11.8 Å². The average molecular weight is 217 g/mol. The van der Waals surface area contributed by atoms with Crippen LogP contribution in [0.25, 0.3) is 11.4 Å². The Morgan fingerprint density at radius 1 is 1.38 bits per heavy atom. The minimum atomic E-state index is 0.327. The molecule has 1 aliphatic rings. The second-order valence-corrected chi connectivity index (χ2v) is 5.20. The van der Waals surface area contributed by atoms with Crippen molar-refractivity contribution in [1.82, 2.24) is 14.8 Å². The normalized spacial score (nSPS) is 18.4. The Bertz CT molecular complexity index is 496. The van der Waals surface area contributed by atoms with Crippen LogP contribution in [0.15, 0.2) is 23.0 Å². The van der Waals surface area contributed by atoms with E-state index >= 15 is 0 Å². The Morgan fingerprint density at radius 2 is 2.25 bits per heavy atom. The monoisotopic (exact) mass is 217 g/mol. The molecule has 1 aliphatic heterocycles. The van der Waals surface area contributed by atoms with E-state index in [9.17, 15) is 0 Å². The Labute approximate surface area is 94.3 Å². The molecule has 2 aromatic heterocycles. The summed E-state index contributed by atoms with van der Waals surface area (Å²) in [6.07, 6.45) is 5.58. The van der Waals surface area contributed by atoms with Crippen molar-refractivity contribution in [3.8, 4) is 11.4 Å². The summed E-state index contributed by atoms with van der Waals surface area (Å²) in [5, 5.41) is 8.51. The van der Waals surface area contributed by atoms with E-state index in [0.29, 0.717) is 5.41 Å². The zero-order valence-corrected chi connectivity index (χ0v) is 9.60. The summed E-state index contributed by atoms with van der Waals surface area (Å²) in [6.45, 7) is 5.56. The molecular formula is C12H15N3O. The van der Waals surface area contributed by atoms with Crippen LogP contribution in [-0.2, 0) is 13.0 Å². The van der Waals surface area contributed by atoms with Crippen molar-refractivity contribution >= 4 is 0 Å². The molecule has 4 heteroatoms. The molecule has 0 atom stereocenters. The molecule has 0 bridgehead atoms. The van der Waals surface area contributed by atoms with Gasteiger partial charge in [0, 0.05) is 13.0 Å². The van der Waals surface area contributed by atoms with Gasteiger partial charge in [0.1, 0.15) is 12.1 Å². The molecule has 3 rings (SSSR count). The van der Waals surface area contributed by atoms with Gasteiger partial charge >= 0.3 is 0 Å². The predicted molar refractivity (Wildman–Crippen MR) is 59.8 cm³/mol. The molecule has 0 saturated carbocycles. The zero-order valence-electron chi connectivity index (χ0n) is 9.60. The van der Waals surface area contributed by atoms with Crippen LogP contribution in [0.5, 0.6) is 0 Å². The molecule has 0 N–H and O–H groups in total. The maximum Gasteiger partial charge on any atom is 0.167 e. The number of hydrogen-bond acceptors (Lipinski definition) is 3. The molecule has 0 fully saturated rings. The largest absolute Gasteiger partial charge is 0.472 e. The Morgan fingerprint density at radius 3 is 3.00 bits per heavy atom. The highest BCUT2D eigenvalue weighted by Crippen LogP contribution is 2.32. The number of fused-ring (bicyclic) bond motifs is 1. The van der Waals surface area contributed by atoms with Crippen molar-refractivity contribution in [2.45, 2.75) is 33.2 Å². The summed E-state index contributed by atoms with van der Waals surface area (Å²) in [6, 6.07) is 1.93. The summed E-state index contributed by atoms with van der Waals surface area (Å²) < 4.78 is 7.32. The Kier molecular flexibility index (Phi) is 1.93. The van der Waals surface area contributed by atoms with E-state index < -0.39 is 0 Å². The summed E-state index contributed by atoms with van der Waals surface area (Å²) in [5.74, 6) is 2.02. The fourth-order valence-corrected chi connectivity index (χ4v) is 2.25. The van der Waals surface area contributed by atoms with Gasteiger partial charge in [0.25, 0.3) is 0 Å². The van der Waals surface area contributed by atoms with Crippen LogP contribution in [0.3, 0.4) is 0 Å². The van der Waals surface area contributed by atoms with Crippen LogP contribution < -0.4 is 0 Å². The molecule has 84 valence electrons. The first kappa shape index (κ1) is 9.63. The number of rotatable bonds is 1. The summed E-state index contributed by atoms with van der Waals surface area (Å²) in [7, 11) is 0. The first-order valence-corrected chi connectivity index (χ1v) is 5.60. The number of aromatic nitrogens is 3. The van der Waals surface area contributed by atoms with E-state index in [0.717, 1.165) is 30.2 Å². The van der Waals surface area contributed by atoms with Crippen LogP contribution in [0.4, 0.5) is 0 Å². The second kappa shape index (κ2) is 3.20. The molecule has 0 radical (unpaired) electrons. The topological polar surface area (TPSA) is 43.9 Å². The number of aryl methyl sites for hydroxylation is 1. The van der Waals surface area contributed by atoms with Gasteiger partial charge < -0.3 is 8.98 Å². The number of hydrogen-bond donors (Lipinski definition) is 0. The molecule has 4 nitrogen and oxygen atoms in total. The lowest BCUT2D eigenvalue weighted by atomic mass is 9.85. The molecular weight excluding hydrogens is 202 g/mol. The maximum absolute atomic E-state index is 5.10. The highest BCUT2D eigenvalue weighted by Gasteiger charge is 2.28. The standard InChI is InChI=1S/C12H15N3O/c1-12(2)5-3-10-13-14-11(15(10)8-12)9-4-6-16-7-9/h4,6-7H,3,5,8H2,1-2H3. The Hall–Kier alpha value is -1.58. The number of nitrogens with zero attached hydrogens (tertiary/aromatic N) is 3. The van der Waals surface area contributed by atoms with Gasteiger partial charge in [0.15, 0.2) is 5.82 Å². The average Bonchev–Trinajstić information content (AvgIpc) is 2.82. The van der Waals surface area contributed by atoms with Crippen molar-refractivity contribution in [2.24, 2.45) is 5.41 Å². The van der Waals surface area contributed by atoms with E-state index in [1.165, 1.54) is 6.42 Å². The van der Waals surface area contributed by atoms with Crippen molar-refractivity contribution in [3.05, 3.63) is 24.4 Å². The van der Waals surface area contributed by atoms with Crippen LogP contribution in [-0.4, -0.2) is 14.8 Å². The first-order chi connectivity index (χ1) is 7.66. The van der Waals surface area contributed by atoms with Crippen LogP contribution in [0.2, 0.25) is 0 Å². The van der Waals surface area contributed by atoms with Crippen molar-refractivity contribution in [1.29, 1.82) is 0 Å². The molecule has 0 aliphatic carbocycles. The van der Waals surface area contributed by atoms with Gasteiger partial charge in [-0.2, -0.15) is 0 Å². The Balaban J connectivity index is 2.07. The van der Waals surface area contributed by atoms with Crippen molar-refractivity contribution in [3.63, 3.8) is 0 Å². The fraction of sp³-hybridized carbons (Fsp3) is 0.500. The lowest BCUT2D eigenvalue weighted by Gasteiger charge is -2.30. The van der Waals surface area contributed by atoms with Gasteiger partial charge in [-0.25, -0.2) is 0 Å². The molecule has 0 spiro atoms. The maximum atomic E-state index is 5.10. The minimum absolute atomic E-state index is 0.327. The quantitative estimate of drug-likeness (QED) is 0.737. The van der Waals surface area contributed by atoms with Gasteiger partial charge in [-0.3, -0.25) is 0 Å². The van der Waals surface area contributed by atoms with E-state index in [1.54, 1.807) is 12.5 Å². The van der Waals surface area contributed by atoms with Crippen LogP contribution in [0.1, 0.15) is 26.1 Å². The third-order valence-electron chi connectivity index (χ3n) is 3.22. The predicted octanol–water partition coefficient (Wildman–Crippen LogP) is 2.51.